The number of carbonyl (C=O) groups is 2. The molecule has 6 nitrogen and oxygen atoms in total. The van der Waals surface area contributed by atoms with Crippen molar-refractivity contribution in [3.63, 3.8) is 0 Å². The third-order valence-corrected chi connectivity index (χ3v) is 3.02. The van der Waals surface area contributed by atoms with Crippen LogP contribution in [0.15, 0.2) is 18.2 Å². The molecule has 6 heteroatoms. The number of ether oxygens (including phenoxy) is 1. The number of benzene rings is 1. The summed E-state index contributed by atoms with van der Waals surface area (Å²) in [5.74, 6) is -0.690. The van der Waals surface area contributed by atoms with Gasteiger partial charge in [0.15, 0.2) is 0 Å². The molecule has 0 aliphatic carbocycles. The van der Waals surface area contributed by atoms with Crippen LogP contribution in [0.1, 0.15) is 43.0 Å². The second kappa shape index (κ2) is 8.84. The van der Waals surface area contributed by atoms with Gasteiger partial charge in [-0.25, -0.2) is 9.59 Å². The van der Waals surface area contributed by atoms with E-state index in [0.29, 0.717) is 12.3 Å². The number of hydrogen-bond acceptors (Lipinski definition) is 3. The van der Waals surface area contributed by atoms with Gasteiger partial charge in [-0.3, -0.25) is 0 Å². The minimum Gasteiger partial charge on any atom is -0.497 e. The van der Waals surface area contributed by atoms with Gasteiger partial charge in [0.1, 0.15) is 5.75 Å². The Balaban J connectivity index is 2.57. The number of nitrogens with one attached hydrogen (secondary N) is 2. The van der Waals surface area contributed by atoms with Crippen molar-refractivity contribution in [1.29, 1.82) is 0 Å². The molecular formula is C15H22N2O4. The summed E-state index contributed by atoms with van der Waals surface area (Å²) in [6.45, 7) is 2.70. The molecule has 0 saturated carbocycles. The van der Waals surface area contributed by atoms with Crippen LogP contribution in [0, 0.1) is 0 Å². The van der Waals surface area contributed by atoms with Crippen molar-refractivity contribution in [3.05, 3.63) is 23.8 Å². The third-order valence-electron chi connectivity index (χ3n) is 3.02. The van der Waals surface area contributed by atoms with Gasteiger partial charge in [-0.15, -0.1) is 0 Å². The topological polar surface area (TPSA) is 87.7 Å². The highest BCUT2D eigenvalue weighted by molar-refractivity contribution is 6.00. The summed E-state index contributed by atoms with van der Waals surface area (Å²) in [6.07, 6.45) is 4.26. The van der Waals surface area contributed by atoms with Gasteiger partial charge < -0.3 is 20.5 Å². The fourth-order valence-electron chi connectivity index (χ4n) is 1.86. The predicted octanol–water partition coefficient (Wildman–Crippen LogP) is 3.10. The predicted molar refractivity (Wildman–Crippen MR) is 81.1 cm³/mol. The van der Waals surface area contributed by atoms with Gasteiger partial charge in [-0.2, -0.15) is 0 Å². The van der Waals surface area contributed by atoms with Crippen molar-refractivity contribution in [2.45, 2.75) is 32.6 Å². The molecule has 3 N–H and O–H groups in total. The first kappa shape index (κ1) is 16.8. The molecule has 0 bridgehead atoms. The van der Waals surface area contributed by atoms with Crippen LogP contribution in [0.2, 0.25) is 0 Å². The summed E-state index contributed by atoms with van der Waals surface area (Å²) in [7, 11) is 1.46. The summed E-state index contributed by atoms with van der Waals surface area (Å²) in [5.41, 5.74) is 0.241. The maximum Gasteiger partial charge on any atom is 0.337 e. The molecule has 0 aromatic heterocycles. The number of rotatable bonds is 8. The van der Waals surface area contributed by atoms with E-state index in [4.69, 9.17) is 9.84 Å². The Labute approximate surface area is 124 Å². The quantitative estimate of drug-likeness (QED) is 0.643. The fraction of sp³-hybridized carbons (Fsp3) is 0.467. The molecule has 0 spiro atoms. The Kier molecular flexibility index (Phi) is 7.08. The Hall–Kier alpha value is -2.24. The van der Waals surface area contributed by atoms with Gasteiger partial charge in [0.2, 0.25) is 0 Å². The molecule has 1 aromatic rings. The average molecular weight is 294 g/mol. The van der Waals surface area contributed by atoms with Crippen molar-refractivity contribution >= 4 is 17.7 Å². The molecule has 21 heavy (non-hydrogen) atoms. The maximum atomic E-state index is 11.7. The summed E-state index contributed by atoms with van der Waals surface area (Å²) >= 11 is 0. The Morgan fingerprint density at radius 1 is 1.24 bits per heavy atom. The highest BCUT2D eigenvalue weighted by Gasteiger charge is 2.13. The number of carboxylic acid groups (broad SMARTS) is 1. The van der Waals surface area contributed by atoms with Gasteiger partial charge in [-0.05, 0) is 24.6 Å². The average Bonchev–Trinajstić information content (AvgIpc) is 2.47. The van der Waals surface area contributed by atoms with E-state index in [1.165, 1.54) is 19.2 Å². The molecule has 116 valence electrons. The Bertz CT molecular complexity index is 489. The van der Waals surface area contributed by atoms with Crippen LogP contribution in [0.25, 0.3) is 0 Å². The molecule has 0 fully saturated rings. The summed E-state index contributed by atoms with van der Waals surface area (Å²) < 4.78 is 4.98. The van der Waals surface area contributed by atoms with E-state index in [1.807, 2.05) is 0 Å². The van der Waals surface area contributed by atoms with Gasteiger partial charge in [0.05, 0.1) is 18.4 Å². The molecule has 1 aromatic carbocycles. The number of aromatic carboxylic acids is 1. The normalized spacial score (nSPS) is 10.0. The van der Waals surface area contributed by atoms with Crippen molar-refractivity contribution in [3.8, 4) is 5.75 Å². The van der Waals surface area contributed by atoms with Crippen LogP contribution in [-0.4, -0.2) is 30.8 Å². The minimum atomic E-state index is -1.12. The van der Waals surface area contributed by atoms with E-state index in [2.05, 4.69) is 17.6 Å². The Morgan fingerprint density at radius 2 is 2.00 bits per heavy atom. The lowest BCUT2D eigenvalue weighted by Gasteiger charge is -2.11. The minimum absolute atomic E-state index is 0.00418. The van der Waals surface area contributed by atoms with Gasteiger partial charge >= 0.3 is 12.0 Å². The highest BCUT2D eigenvalue weighted by Crippen LogP contribution is 2.22. The molecule has 1 rings (SSSR count). The van der Waals surface area contributed by atoms with E-state index >= 15 is 0 Å². The van der Waals surface area contributed by atoms with Crippen LogP contribution in [0.5, 0.6) is 5.75 Å². The van der Waals surface area contributed by atoms with Crippen LogP contribution in [-0.2, 0) is 0 Å². The first-order valence-electron chi connectivity index (χ1n) is 7.04. The number of unbranched alkanes of at least 4 members (excludes halogenated alkanes) is 3. The van der Waals surface area contributed by atoms with E-state index in [1.54, 1.807) is 6.07 Å². The van der Waals surface area contributed by atoms with Crippen LogP contribution in [0.3, 0.4) is 0 Å². The molecule has 0 radical (unpaired) electrons. The van der Waals surface area contributed by atoms with Gasteiger partial charge in [0, 0.05) is 6.54 Å². The molecule has 0 saturated heterocycles. The maximum absolute atomic E-state index is 11.7. The zero-order chi connectivity index (χ0) is 15.7. The third kappa shape index (κ3) is 5.72. The van der Waals surface area contributed by atoms with Crippen LogP contribution in [0.4, 0.5) is 10.5 Å². The van der Waals surface area contributed by atoms with Crippen molar-refractivity contribution in [2.24, 2.45) is 0 Å². The van der Waals surface area contributed by atoms with Crippen LogP contribution < -0.4 is 15.4 Å². The first-order chi connectivity index (χ1) is 10.1. The van der Waals surface area contributed by atoms with Gasteiger partial charge in [0.25, 0.3) is 0 Å². The zero-order valence-corrected chi connectivity index (χ0v) is 12.4. The number of anilines is 1. The highest BCUT2D eigenvalue weighted by atomic mass is 16.5. The molecular weight excluding hydrogens is 272 g/mol. The molecule has 2 amide bonds. The van der Waals surface area contributed by atoms with Gasteiger partial charge in [-0.1, -0.05) is 26.2 Å². The molecule has 0 atom stereocenters. The summed E-state index contributed by atoms with van der Waals surface area (Å²) in [5, 5.41) is 14.4. The summed E-state index contributed by atoms with van der Waals surface area (Å²) in [4.78, 5) is 22.9. The van der Waals surface area contributed by atoms with E-state index in [-0.39, 0.29) is 11.3 Å². The lowest BCUT2D eigenvalue weighted by Crippen LogP contribution is -2.30. The van der Waals surface area contributed by atoms with Crippen molar-refractivity contribution < 1.29 is 19.4 Å². The zero-order valence-electron chi connectivity index (χ0n) is 12.4. The molecule has 0 aliphatic heterocycles. The second-order valence-electron chi connectivity index (χ2n) is 4.66. The fourth-order valence-corrected chi connectivity index (χ4v) is 1.86. The number of hydrogen-bond donors (Lipinski definition) is 3. The number of carboxylic acids is 1. The largest absolute Gasteiger partial charge is 0.497 e. The van der Waals surface area contributed by atoms with E-state index < -0.39 is 12.0 Å². The van der Waals surface area contributed by atoms with E-state index in [9.17, 15) is 9.59 Å². The number of carbonyl (C=O) groups excluding carboxylic acids is 1. The monoisotopic (exact) mass is 294 g/mol. The SMILES string of the molecule is CCCCCCNC(=O)Nc1ccc(OC)cc1C(=O)O. The van der Waals surface area contributed by atoms with E-state index in [0.717, 1.165) is 25.7 Å². The first-order valence-corrected chi connectivity index (χ1v) is 7.04. The smallest absolute Gasteiger partial charge is 0.337 e. The van der Waals surface area contributed by atoms with Crippen LogP contribution >= 0.6 is 0 Å². The van der Waals surface area contributed by atoms with Crippen molar-refractivity contribution in [2.75, 3.05) is 19.0 Å². The second-order valence-corrected chi connectivity index (χ2v) is 4.66. The lowest BCUT2D eigenvalue weighted by molar-refractivity contribution is 0.0697. The Morgan fingerprint density at radius 3 is 2.62 bits per heavy atom. The number of amides is 2. The molecule has 0 heterocycles. The summed E-state index contributed by atoms with van der Waals surface area (Å²) in [6, 6.07) is 4.08. The number of urea groups is 1. The standard InChI is InChI=1S/C15H22N2O4/c1-3-4-5-6-9-16-15(20)17-13-8-7-11(21-2)10-12(13)14(18)19/h7-8,10H,3-6,9H2,1-2H3,(H,18,19)(H2,16,17,20). The number of methoxy groups -OCH3 is 1. The molecule has 0 unspecified atom stereocenters. The lowest BCUT2D eigenvalue weighted by atomic mass is 10.1. The molecule has 0 aliphatic rings. The van der Waals surface area contributed by atoms with Crippen molar-refractivity contribution in [1.82, 2.24) is 5.32 Å².